The van der Waals surface area contributed by atoms with Crippen molar-refractivity contribution >= 4 is 16.9 Å². The van der Waals surface area contributed by atoms with E-state index >= 15 is 0 Å². The first-order chi connectivity index (χ1) is 14.2. The molecule has 0 radical (unpaired) electrons. The van der Waals surface area contributed by atoms with Gasteiger partial charge in [0.05, 0.1) is 19.7 Å². The maximum absolute atomic E-state index is 12.8. The maximum atomic E-state index is 12.8. The van der Waals surface area contributed by atoms with E-state index in [2.05, 4.69) is 23.5 Å². The maximum Gasteiger partial charge on any atom is 0.287 e. The van der Waals surface area contributed by atoms with Gasteiger partial charge in [0.15, 0.2) is 5.76 Å². The molecule has 1 aliphatic rings. The number of hydrogen-bond donors (Lipinski definition) is 2. The van der Waals surface area contributed by atoms with Crippen LogP contribution in [0.3, 0.4) is 0 Å². The van der Waals surface area contributed by atoms with E-state index in [1.807, 2.05) is 38.1 Å². The highest BCUT2D eigenvalue weighted by Gasteiger charge is 2.20. The zero-order valence-corrected chi connectivity index (χ0v) is 17.2. The van der Waals surface area contributed by atoms with Crippen LogP contribution in [0.4, 0.5) is 0 Å². The smallest absolute Gasteiger partial charge is 0.287 e. The number of likely N-dealkylation sites (tertiary alicyclic amines) is 1. The third-order valence-electron chi connectivity index (χ3n) is 5.73. The van der Waals surface area contributed by atoms with E-state index < -0.39 is 0 Å². The number of rotatable bonds is 7. The lowest BCUT2D eigenvalue weighted by molar-refractivity contribution is -0.901. The van der Waals surface area contributed by atoms with E-state index in [1.54, 1.807) is 4.90 Å². The normalized spacial score (nSPS) is 14.4. The van der Waals surface area contributed by atoms with E-state index in [9.17, 15) is 4.79 Å². The second kappa shape index (κ2) is 8.70. The third-order valence-corrected chi connectivity index (χ3v) is 5.73. The zero-order valence-electron chi connectivity index (χ0n) is 17.2. The molecule has 5 heteroatoms. The van der Waals surface area contributed by atoms with Crippen molar-refractivity contribution in [2.75, 3.05) is 19.7 Å². The largest absolute Gasteiger partial charge is 0.494 e. The van der Waals surface area contributed by atoms with Gasteiger partial charge in [-0.1, -0.05) is 24.3 Å². The lowest BCUT2D eigenvalue weighted by Gasteiger charge is -2.15. The monoisotopic (exact) mass is 393 g/mol. The molecule has 0 unspecified atom stereocenters. The number of carbonyl (C=O) groups is 1. The van der Waals surface area contributed by atoms with E-state index in [0.29, 0.717) is 24.5 Å². The van der Waals surface area contributed by atoms with Crippen molar-refractivity contribution in [1.82, 2.24) is 5.32 Å². The van der Waals surface area contributed by atoms with Crippen LogP contribution < -0.4 is 15.0 Å². The van der Waals surface area contributed by atoms with Gasteiger partial charge in [-0.3, -0.25) is 4.79 Å². The average molecular weight is 394 g/mol. The molecular weight excluding hydrogens is 364 g/mol. The van der Waals surface area contributed by atoms with Crippen molar-refractivity contribution in [3.63, 3.8) is 0 Å². The Morgan fingerprint density at radius 2 is 1.90 bits per heavy atom. The van der Waals surface area contributed by atoms with Crippen LogP contribution in [-0.2, 0) is 13.1 Å². The fraction of sp³-hybridized carbons (Fsp3) is 0.375. The molecule has 152 valence electrons. The molecule has 1 aliphatic heterocycles. The SMILES string of the molecule is CCOc1ccc2oc(C(=O)NCc3ccccc3C[NH+]3CCCC3)c(C)c2c1. The molecule has 29 heavy (non-hydrogen) atoms. The third kappa shape index (κ3) is 4.30. The minimum Gasteiger partial charge on any atom is -0.494 e. The van der Waals surface area contributed by atoms with Gasteiger partial charge in [-0.2, -0.15) is 0 Å². The van der Waals surface area contributed by atoms with Gasteiger partial charge in [0, 0.05) is 35.9 Å². The number of ether oxygens (including phenoxy) is 1. The molecule has 0 bridgehead atoms. The molecule has 1 saturated heterocycles. The molecular formula is C24H29N2O3+. The summed E-state index contributed by atoms with van der Waals surface area (Å²) in [5.74, 6) is 0.977. The molecule has 2 aromatic carbocycles. The quantitative estimate of drug-likeness (QED) is 0.648. The van der Waals surface area contributed by atoms with Gasteiger partial charge in [0.1, 0.15) is 17.9 Å². The number of benzene rings is 2. The molecule has 0 atom stereocenters. The Morgan fingerprint density at radius 3 is 2.66 bits per heavy atom. The number of carbonyl (C=O) groups excluding carboxylic acids is 1. The Hall–Kier alpha value is -2.79. The molecule has 0 aliphatic carbocycles. The van der Waals surface area contributed by atoms with E-state index in [4.69, 9.17) is 9.15 Å². The number of fused-ring (bicyclic) bond motifs is 1. The summed E-state index contributed by atoms with van der Waals surface area (Å²) >= 11 is 0. The minimum atomic E-state index is -0.181. The number of aryl methyl sites for hydroxylation is 1. The van der Waals surface area contributed by atoms with Crippen LogP contribution in [0, 0.1) is 6.92 Å². The molecule has 0 saturated carbocycles. The van der Waals surface area contributed by atoms with Crippen LogP contribution >= 0.6 is 0 Å². The highest BCUT2D eigenvalue weighted by Crippen LogP contribution is 2.29. The standard InChI is InChI=1S/C24H28N2O3/c1-3-28-20-10-11-22-21(14-20)17(2)23(29-22)24(27)25-15-18-8-4-5-9-19(18)16-26-12-6-7-13-26/h4-5,8-11,14H,3,6-7,12-13,15-16H2,1-2H3,(H,25,27)/p+1. The molecule has 1 aromatic heterocycles. The van der Waals surface area contributed by atoms with Gasteiger partial charge >= 0.3 is 0 Å². The van der Waals surface area contributed by atoms with E-state index in [0.717, 1.165) is 23.2 Å². The van der Waals surface area contributed by atoms with Crippen LogP contribution in [0.1, 0.15) is 47.0 Å². The van der Waals surface area contributed by atoms with Crippen molar-refractivity contribution in [3.8, 4) is 5.75 Å². The molecule has 1 fully saturated rings. The Kier molecular flexibility index (Phi) is 5.86. The molecule has 3 aromatic rings. The fourth-order valence-electron chi connectivity index (χ4n) is 4.15. The predicted octanol–water partition coefficient (Wildman–Crippen LogP) is 3.25. The zero-order chi connectivity index (χ0) is 20.2. The van der Waals surface area contributed by atoms with Crippen LogP contribution in [-0.4, -0.2) is 25.6 Å². The number of furan rings is 1. The molecule has 5 nitrogen and oxygen atoms in total. The summed E-state index contributed by atoms with van der Waals surface area (Å²) in [4.78, 5) is 14.5. The molecule has 0 spiro atoms. The fourth-order valence-corrected chi connectivity index (χ4v) is 4.15. The summed E-state index contributed by atoms with van der Waals surface area (Å²) in [6.07, 6.45) is 2.62. The van der Waals surface area contributed by atoms with Crippen LogP contribution in [0.2, 0.25) is 0 Å². The van der Waals surface area contributed by atoms with Crippen molar-refractivity contribution in [3.05, 3.63) is 64.9 Å². The first-order valence-corrected chi connectivity index (χ1v) is 10.5. The Morgan fingerprint density at radius 1 is 1.14 bits per heavy atom. The van der Waals surface area contributed by atoms with Crippen molar-refractivity contribution in [1.29, 1.82) is 0 Å². The predicted molar refractivity (Wildman–Crippen MR) is 113 cm³/mol. The molecule has 1 amide bonds. The summed E-state index contributed by atoms with van der Waals surface area (Å²) in [6, 6.07) is 14.1. The first kappa shape index (κ1) is 19.5. The molecule has 2 N–H and O–H groups in total. The number of hydrogen-bond acceptors (Lipinski definition) is 3. The molecule has 2 heterocycles. The Labute approximate surface area is 171 Å². The topological polar surface area (TPSA) is 55.9 Å². The number of quaternary nitrogens is 1. The second-order valence-electron chi connectivity index (χ2n) is 7.73. The lowest BCUT2D eigenvalue weighted by atomic mass is 10.1. The van der Waals surface area contributed by atoms with Gasteiger partial charge in [-0.05, 0) is 37.6 Å². The lowest BCUT2D eigenvalue weighted by Crippen LogP contribution is -3.08. The van der Waals surface area contributed by atoms with Gasteiger partial charge in [0.2, 0.25) is 0 Å². The summed E-state index contributed by atoms with van der Waals surface area (Å²) in [6.45, 7) is 8.48. The Bertz CT molecular complexity index is 1000. The van der Waals surface area contributed by atoms with Gasteiger partial charge < -0.3 is 19.4 Å². The second-order valence-corrected chi connectivity index (χ2v) is 7.73. The van der Waals surface area contributed by atoms with Crippen molar-refractivity contribution in [2.24, 2.45) is 0 Å². The number of amides is 1. The van der Waals surface area contributed by atoms with Gasteiger partial charge in [0.25, 0.3) is 5.91 Å². The van der Waals surface area contributed by atoms with E-state index in [1.165, 1.54) is 37.1 Å². The summed E-state index contributed by atoms with van der Waals surface area (Å²) in [7, 11) is 0. The van der Waals surface area contributed by atoms with Crippen molar-refractivity contribution in [2.45, 2.75) is 39.8 Å². The van der Waals surface area contributed by atoms with Crippen molar-refractivity contribution < 1.29 is 18.8 Å². The first-order valence-electron chi connectivity index (χ1n) is 10.5. The van der Waals surface area contributed by atoms with Crippen LogP contribution in [0.25, 0.3) is 11.0 Å². The van der Waals surface area contributed by atoms with Gasteiger partial charge in [-0.15, -0.1) is 0 Å². The Balaban J connectivity index is 1.48. The summed E-state index contributed by atoms with van der Waals surface area (Å²) in [5.41, 5.74) is 4.03. The highest BCUT2D eigenvalue weighted by molar-refractivity contribution is 5.99. The van der Waals surface area contributed by atoms with Gasteiger partial charge in [-0.25, -0.2) is 0 Å². The van der Waals surface area contributed by atoms with E-state index in [-0.39, 0.29) is 5.91 Å². The average Bonchev–Trinajstić information content (AvgIpc) is 3.35. The highest BCUT2D eigenvalue weighted by atomic mass is 16.5. The van der Waals surface area contributed by atoms with Crippen LogP contribution in [0.15, 0.2) is 46.9 Å². The van der Waals surface area contributed by atoms with Crippen LogP contribution in [0.5, 0.6) is 5.75 Å². The minimum absolute atomic E-state index is 0.181. The summed E-state index contributed by atoms with van der Waals surface area (Å²) in [5, 5.41) is 3.96. The summed E-state index contributed by atoms with van der Waals surface area (Å²) < 4.78 is 11.4. The number of nitrogens with one attached hydrogen (secondary N) is 2. The molecule has 4 rings (SSSR count).